The predicted molar refractivity (Wildman–Crippen MR) is 83.9 cm³/mol. The fourth-order valence-corrected chi connectivity index (χ4v) is 2.72. The van der Waals surface area contributed by atoms with Gasteiger partial charge in [0.2, 0.25) is 0 Å². The Kier molecular flexibility index (Phi) is 4.45. The molecule has 1 heterocycles. The van der Waals surface area contributed by atoms with Crippen molar-refractivity contribution in [3.8, 4) is 11.5 Å². The van der Waals surface area contributed by atoms with Crippen molar-refractivity contribution >= 4 is 11.6 Å². The second kappa shape index (κ2) is 5.96. The molecule has 1 N–H and O–H groups in total. The third-order valence-corrected chi connectivity index (χ3v) is 4.25. The predicted octanol–water partition coefficient (Wildman–Crippen LogP) is 3.72. The average molecular weight is 291 g/mol. The number of fused-ring (bicyclic) bond motifs is 1. The first-order valence-electron chi connectivity index (χ1n) is 7.77. The Labute approximate surface area is 126 Å². The van der Waals surface area contributed by atoms with Crippen molar-refractivity contribution in [3.05, 3.63) is 18.2 Å². The van der Waals surface area contributed by atoms with Crippen LogP contribution in [0.4, 0.5) is 5.69 Å². The van der Waals surface area contributed by atoms with Crippen molar-refractivity contribution in [2.24, 2.45) is 5.92 Å². The van der Waals surface area contributed by atoms with Crippen LogP contribution in [0.25, 0.3) is 0 Å². The maximum Gasteiger partial charge on any atom is 0.271 e. The Balaban J connectivity index is 2.44. The van der Waals surface area contributed by atoms with Crippen LogP contribution in [-0.2, 0) is 4.79 Å². The van der Waals surface area contributed by atoms with E-state index in [1.807, 2.05) is 18.7 Å². The fourth-order valence-electron chi connectivity index (χ4n) is 2.72. The molecule has 0 saturated carbocycles. The number of amides is 1. The monoisotopic (exact) mass is 291 g/mol. The highest BCUT2D eigenvalue weighted by Gasteiger charge is 2.45. The van der Waals surface area contributed by atoms with Crippen LogP contribution in [0.2, 0.25) is 0 Å². The van der Waals surface area contributed by atoms with Gasteiger partial charge in [-0.3, -0.25) is 4.79 Å². The number of aromatic hydroxyl groups is 1. The van der Waals surface area contributed by atoms with Crippen molar-refractivity contribution in [2.75, 3.05) is 11.4 Å². The Bertz CT molecular complexity index is 521. The number of phenolic OH excluding ortho intramolecular Hbond substituents is 1. The highest BCUT2D eigenvalue weighted by Crippen LogP contribution is 2.42. The first-order valence-corrected chi connectivity index (χ1v) is 7.77. The number of hydrogen-bond acceptors (Lipinski definition) is 3. The van der Waals surface area contributed by atoms with E-state index in [0.717, 1.165) is 12.1 Å². The molecule has 21 heavy (non-hydrogen) atoms. The summed E-state index contributed by atoms with van der Waals surface area (Å²) in [4.78, 5) is 14.7. The molecule has 0 aliphatic carbocycles. The van der Waals surface area contributed by atoms with Crippen molar-refractivity contribution in [3.63, 3.8) is 0 Å². The van der Waals surface area contributed by atoms with E-state index in [1.165, 1.54) is 0 Å². The van der Waals surface area contributed by atoms with Gasteiger partial charge in [-0.05, 0) is 37.3 Å². The summed E-state index contributed by atoms with van der Waals surface area (Å²) < 4.78 is 6.00. The summed E-state index contributed by atoms with van der Waals surface area (Å²) >= 11 is 0. The first kappa shape index (κ1) is 15.7. The van der Waals surface area contributed by atoms with E-state index in [0.29, 0.717) is 31.1 Å². The highest BCUT2D eigenvalue weighted by atomic mass is 16.5. The number of phenols is 1. The van der Waals surface area contributed by atoms with Gasteiger partial charge in [-0.2, -0.15) is 0 Å². The van der Waals surface area contributed by atoms with Gasteiger partial charge in [0.1, 0.15) is 11.5 Å². The van der Waals surface area contributed by atoms with Crippen LogP contribution in [0.1, 0.15) is 47.0 Å². The summed E-state index contributed by atoms with van der Waals surface area (Å²) in [6, 6.07) is 4.96. The lowest BCUT2D eigenvalue weighted by molar-refractivity contribution is -0.136. The molecule has 0 fully saturated rings. The van der Waals surface area contributed by atoms with Gasteiger partial charge < -0.3 is 14.7 Å². The van der Waals surface area contributed by atoms with E-state index in [4.69, 9.17) is 4.74 Å². The van der Waals surface area contributed by atoms with Crippen molar-refractivity contribution < 1.29 is 14.6 Å². The zero-order valence-corrected chi connectivity index (χ0v) is 13.3. The maximum atomic E-state index is 12.9. The van der Waals surface area contributed by atoms with Gasteiger partial charge >= 0.3 is 0 Å². The Hall–Kier alpha value is -1.71. The van der Waals surface area contributed by atoms with E-state index in [2.05, 4.69) is 13.8 Å². The van der Waals surface area contributed by atoms with Gasteiger partial charge in [-0.25, -0.2) is 0 Å². The number of nitrogens with zero attached hydrogens (tertiary/aromatic N) is 1. The van der Waals surface area contributed by atoms with E-state index < -0.39 is 5.60 Å². The Morgan fingerprint density at radius 2 is 1.95 bits per heavy atom. The van der Waals surface area contributed by atoms with Crippen LogP contribution in [0, 0.1) is 5.92 Å². The summed E-state index contributed by atoms with van der Waals surface area (Å²) in [5.41, 5.74) is -0.0476. The van der Waals surface area contributed by atoms with Crippen LogP contribution in [0.3, 0.4) is 0 Å². The summed E-state index contributed by atoms with van der Waals surface area (Å²) in [6.07, 6.45) is 2.18. The van der Waals surface area contributed by atoms with E-state index in [-0.39, 0.29) is 11.7 Å². The van der Waals surface area contributed by atoms with Gasteiger partial charge in [0, 0.05) is 12.6 Å². The normalized spacial score (nSPS) is 16.8. The molecule has 0 unspecified atom stereocenters. The minimum atomic E-state index is -0.808. The minimum Gasteiger partial charge on any atom is -0.508 e. The molecule has 1 amide bonds. The molecular formula is C17H25NO3. The van der Waals surface area contributed by atoms with Crippen LogP contribution in [0.15, 0.2) is 18.2 Å². The summed E-state index contributed by atoms with van der Waals surface area (Å²) in [7, 11) is 0. The quantitative estimate of drug-likeness (QED) is 0.899. The van der Waals surface area contributed by atoms with Crippen molar-refractivity contribution in [1.82, 2.24) is 0 Å². The zero-order chi connectivity index (χ0) is 15.6. The number of anilines is 1. The van der Waals surface area contributed by atoms with E-state index in [1.54, 1.807) is 18.2 Å². The largest absolute Gasteiger partial charge is 0.508 e. The molecule has 1 aromatic carbocycles. The number of hydrogen-bond donors (Lipinski definition) is 1. The lowest BCUT2D eigenvalue weighted by atomic mass is 9.92. The Morgan fingerprint density at radius 3 is 2.52 bits per heavy atom. The lowest BCUT2D eigenvalue weighted by Gasteiger charge is -2.42. The van der Waals surface area contributed by atoms with Crippen LogP contribution < -0.4 is 9.64 Å². The SMILES string of the molecule is CCC1(CC)Oc2cc(O)ccc2N(CCC(C)C)C1=O. The second-order valence-corrected chi connectivity index (χ2v) is 6.09. The summed E-state index contributed by atoms with van der Waals surface area (Å²) in [5, 5.41) is 9.69. The molecule has 0 radical (unpaired) electrons. The molecule has 0 saturated heterocycles. The molecule has 1 aliphatic rings. The molecule has 116 valence electrons. The number of rotatable bonds is 5. The second-order valence-electron chi connectivity index (χ2n) is 6.09. The van der Waals surface area contributed by atoms with Crippen LogP contribution in [0.5, 0.6) is 11.5 Å². The van der Waals surface area contributed by atoms with Crippen LogP contribution in [-0.4, -0.2) is 23.2 Å². The first-order chi connectivity index (χ1) is 9.93. The van der Waals surface area contributed by atoms with E-state index in [9.17, 15) is 9.90 Å². The molecule has 1 aromatic rings. The molecule has 0 bridgehead atoms. The maximum absolute atomic E-state index is 12.9. The molecule has 4 heteroatoms. The molecule has 0 atom stereocenters. The van der Waals surface area contributed by atoms with Gasteiger partial charge in [0.25, 0.3) is 5.91 Å². The lowest BCUT2D eigenvalue weighted by Crippen LogP contribution is -2.55. The van der Waals surface area contributed by atoms with Gasteiger partial charge in [0.15, 0.2) is 5.60 Å². The number of carbonyl (C=O) groups excluding carboxylic acids is 1. The molecular weight excluding hydrogens is 266 g/mol. The smallest absolute Gasteiger partial charge is 0.271 e. The van der Waals surface area contributed by atoms with Crippen molar-refractivity contribution in [2.45, 2.75) is 52.6 Å². The van der Waals surface area contributed by atoms with Gasteiger partial charge in [0.05, 0.1) is 5.69 Å². The number of carbonyl (C=O) groups is 1. The minimum absolute atomic E-state index is 0.0336. The van der Waals surface area contributed by atoms with Crippen molar-refractivity contribution in [1.29, 1.82) is 0 Å². The molecule has 0 aromatic heterocycles. The third kappa shape index (κ3) is 2.85. The van der Waals surface area contributed by atoms with Gasteiger partial charge in [-0.1, -0.05) is 27.7 Å². The van der Waals surface area contributed by atoms with E-state index >= 15 is 0 Å². The summed E-state index contributed by atoms with van der Waals surface area (Å²) in [6.45, 7) is 8.91. The number of ether oxygens (including phenoxy) is 1. The highest BCUT2D eigenvalue weighted by molar-refractivity contribution is 6.02. The zero-order valence-electron chi connectivity index (χ0n) is 13.3. The topological polar surface area (TPSA) is 49.8 Å². The molecule has 1 aliphatic heterocycles. The third-order valence-electron chi connectivity index (χ3n) is 4.25. The average Bonchev–Trinajstić information content (AvgIpc) is 2.45. The fraction of sp³-hybridized carbons (Fsp3) is 0.588. The summed E-state index contributed by atoms with van der Waals surface area (Å²) in [5.74, 6) is 1.32. The van der Waals surface area contributed by atoms with Gasteiger partial charge in [-0.15, -0.1) is 0 Å². The van der Waals surface area contributed by atoms with Crippen LogP contribution >= 0.6 is 0 Å². The molecule has 4 nitrogen and oxygen atoms in total. The molecule has 2 rings (SSSR count). The standard InChI is InChI=1S/C17H25NO3/c1-5-17(6-2)16(20)18(10-9-12(3)4)14-8-7-13(19)11-15(14)21-17/h7-8,11-12,19H,5-6,9-10H2,1-4H3. The molecule has 0 spiro atoms. The Morgan fingerprint density at radius 1 is 1.29 bits per heavy atom. The number of benzene rings is 1.